The number of nitrogens with one attached hydrogen (secondary N) is 1. The predicted molar refractivity (Wildman–Crippen MR) is 88.1 cm³/mol. The molecule has 1 fully saturated rings. The van der Waals surface area contributed by atoms with Crippen molar-refractivity contribution in [3.63, 3.8) is 0 Å². The van der Waals surface area contributed by atoms with E-state index < -0.39 is 0 Å². The molecule has 112 valence electrons. The maximum absolute atomic E-state index is 3.89. The summed E-state index contributed by atoms with van der Waals surface area (Å²) in [7, 11) is 0. The summed E-state index contributed by atoms with van der Waals surface area (Å²) >= 11 is 0. The van der Waals surface area contributed by atoms with Crippen LogP contribution in [-0.4, -0.2) is 12.1 Å². The van der Waals surface area contributed by atoms with E-state index in [0.717, 1.165) is 12.0 Å². The van der Waals surface area contributed by atoms with Gasteiger partial charge in [-0.05, 0) is 51.0 Å². The van der Waals surface area contributed by atoms with E-state index in [1.165, 1.54) is 56.1 Å². The van der Waals surface area contributed by atoms with Gasteiger partial charge in [0.2, 0.25) is 0 Å². The smallest absolute Gasteiger partial charge is 0.00951 e. The van der Waals surface area contributed by atoms with Crippen molar-refractivity contribution < 1.29 is 0 Å². The first kappa shape index (κ1) is 15.6. The molecule has 0 amide bonds. The molecule has 2 rings (SSSR count). The monoisotopic (exact) mass is 273 g/mol. The van der Waals surface area contributed by atoms with Crippen LogP contribution in [0.1, 0.15) is 63.5 Å². The first-order valence-electron chi connectivity index (χ1n) is 8.47. The molecule has 1 aliphatic rings. The highest BCUT2D eigenvalue weighted by atomic mass is 14.9. The lowest BCUT2D eigenvalue weighted by Gasteiger charge is -2.27. The molecule has 0 heterocycles. The summed E-state index contributed by atoms with van der Waals surface area (Å²) in [5.74, 6) is 0.846. The highest BCUT2D eigenvalue weighted by Crippen LogP contribution is 2.23. The second-order valence-electron chi connectivity index (χ2n) is 6.82. The predicted octanol–water partition coefficient (Wildman–Crippen LogP) is 4.87. The van der Waals surface area contributed by atoms with E-state index in [9.17, 15) is 0 Å². The molecule has 0 spiro atoms. The Labute approximate surface area is 125 Å². The maximum Gasteiger partial charge on any atom is 0.00951 e. The topological polar surface area (TPSA) is 12.0 Å². The van der Waals surface area contributed by atoms with Crippen LogP contribution in [0.3, 0.4) is 0 Å². The Hall–Kier alpha value is -0.820. The van der Waals surface area contributed by atoms with Crippen LogP contribution in [0.25, 0.3) is 0 Å². The van der Waals surface area contributed by atoms with E-state index >= 15 is 0 Å². The Morgan fingerprint density at radius 3 is 2.80 bits per heavy atom. The van der Waals surface area contributed by atoms with Gasteiger partial charge in [-0.2, -0.15) is 0 Å². The highest BCUT2D eigenvalue weighted by molar-refractivity contribution is 5.22. The van der Waals surface area contributed by atoms with Crippen molar-refractivity contribution in [2.45, 2.75) is 77.8 Å². The average Bonchev–Trinajstić information content (AvgIpc) is 2.62. The molecule has 0 bridgehead atoms. The minimum absolute atomic E-state index is 0.626. The lowest BCUT2D eigenvalue weighted by Crippen LogP contribution is -2.40. The largest absolute Gasteiger partial charge is 0.311 e. The van der Waals surface area contributed by atoms with Crippen molar-refractivity contribution in [1.29, 1.82) is 0 Å². The molecule has 20 heavy (non-hydrogen) atoms. The normalized spacial score (nSPS) is 25.1. The molecule has 3 unspecified atom stereocenters. The van der Waals surface area contributed by atoms with E-state index in [0.29, 0.717) is 6.04 Å². The Morgan fingerprint density at radius 2 is 2.00 bits per heavy atom. The van der Waals surface area contributed by atoms with Crippen LogP contribution in [0, 0.1) is 12.8 Å². The third kappa shape index (κ3) is 4.94. The van der Waals surface area contributed by atoms with Crippen molar-refractivity contribution >= 4 is 0 Å². The van der Waals surface area contributed by atoms with Gasteiger partial charge < -0.3 is 5.32 Å². The molecule has 0 aromatic heterocycles. The summed E-state index contributed by atoms with van der Waals surface area (Å²) < 4.78 is 0. The molecule has 3 atom stereocenters. The Kier molecular flexibility index (Phi) is 6.09. The van der Waals surface area contributed by atoms with Crippen molar-refractivity contribution in [3.05, 3.63) is 35.4 Å². The fraction of sp³-hybridized carbons (Fsp3) is 0.684. The van der Waals surface area contributed by atoms with Gasteiger partial charge in [0.25, 0.3) is 0 Å². The van der Waals surface area contributed by atoms with Crippen LogP contribution < -0.4 is 5.32 Å². The number of hydrogen-bond donors (Lipinski definition) is 1. The fourth-order valence-electron chi connectivity index (χ4n) is 3.44. The van der Waals surface area contributed by atoms with E-state index in [-0.39, 0.29) is 0 Å². The number of rotatable bonds is 5. The van der Waals surface area contributed by atoms with Crippen molar-refractivity contribution in [2.24, 2.45) is 5.92 Å². The first-order valence-corrected chi connectivity index (χ1v) is 8.47. The SMILES string of the molecule is Cc1cccc(CCC(C)NC2CCCCCC2C)c1. The standard InChI is InChI=1S/C19H31N/c1-15-8-7-10-18(14-15)13-12-17(3)20-19-11-6-4-5-9-16(19)2/h7-8,10,14,16-17,19-20H,4-6,9,11-13H2,1-3H3. The molecule has 1 aromatic carbocycles. The molecule has 0 aliphatic heterocycles. The molecule has 1 saturated carbocycles. The van der Waals surface area contributed by atoms with Crippen molar-refractivity contribution in [2.75, 3.05) is 0 Å². The molecule has 1 nitrogen and oxygen atoms in total. The quantitative estimate of drug-likeness (QED) is 0.754. The summed E-state index contributed by atoms with van der Waals surface area (Å²) in [4.78, 5) is 0. The van der Waals surface area contributed by atoms with E-state index in [4.69, 9.17) is 0 Å². The summed E-state index contributed by atoms with van der Waals surface area (Å²) in [6.07, 6.45) is 9.48. The third-order valence-electron chi connectivity index (χ3n) is 4.81. The minimum Gasteiger partial charge on any atom is -0.311 e. The van der Waals surface area contributed by atoms with Gasteiger partial charge in [0.15, 0.2) is 0 Å². The fourth-order valence-corrected chi connectivity index (χ4v) is 3.44. The average molecular weight is 273 g/mol. The Morgan fingerprint density at radius 1 is 1.20 bits per heavy atom. The van der Waals surface area contributed by atoms with Gasteiger partial charge in [-0.3, -0.25) is 0 Å². The van der Waals surface area contributed by atoms with Gasteiger partial charge in [0, 0.05) is 12.1 Å². The molecule has 1 N–H and O–H groups in total. The molecular formula is C19H31N. The molecule has 1 aromatic rings. The number of benzene rings is 1. The molecule has 1 heteroatoms. The van der Waals surface area contributed by atoms with E-state index in [2.05, 4.69) is 50.4 Å². The molecular weight excluding hydrogens is 242 g/mol. The maximum atomic E-state index is 3.89. The lowest BCUT2D eigenvalue weighted by molar-refractivity contribution is 0.320. The first-order chi connectivity index (χ1) is 9.65. The zero-order valence-corrected chi connectivity index (χ0v) is 13.5. The van der Waals surface area contributed by atoms with Crippen molar-refractivity contribution in [3.8, 4) is 0 Å². The molecule has 1 aliphatic carbocycles. The van der Waals surface area contributed by atoms with E-state index in [1.54, 1.807) is 0 Å². The van der Waals surface area contributed by atoms with Crippen LogP contribution in [0.15, 0.2) is 24.3 Å². The summed E-state index contributed by atoms with van der Waals surface area (Å²) in [6, 6.07) is 10.3. The van der Waals surface area contributed by atoms with E-state index in [1.807, 2.05) is 0 Å². The lowest BCUT2D eigenvalue weighted by atomic mass is 9.95. The minimum atomic E-state index is 0.626. The third-order valence-corrected chi connectivity index (χ3v) is 4.81. The second kappa shape index (κ2) is 7.83. The van der Waals surface area contributed by atoms with Gasteiger partial charge in [0.1, 0.15) is 0 Å². The second-order valence-corrected chi connectivity index (χ2v) is 6.82. The molecule has 0 saturated heterocycles. The van der Waals surface area contributed by atoms with Gasteiger partial charge in [0.05, 0.1) is 0 Å². The van der Waals surface area contributed by atoms with Crippen LogP contribution >= 0.6 is 0 Å². The van der Waals surface area contributed by atoms with Gasteiger partial charge in [-0.25, -0.2) is 0 Å². The summed E-state index contributed by atoms with van der Waals surface area (Å²) in [5, 5.41) is 3.89. The summed E-state index contributed by atoms with van der Waals surface area (Å²) in [5.41, 5.74) is 2.85. The zero-order valence-electron chi connectivity index (χ0n) is 13.5. The molecule has 0 radical (unpaired) electrons. The van der Waals surface area contributed by atoms with Crippen LogP contribution in [0.5, 0.6) is 0 Å². The zero-order chi connectivity index (χ0) is 14.4. The Bertz CT molecular complexity index is 399. The number of aryl methyl sites for hydroxylation is 2. The van der Waals surface area contributed by atoms with Crippen molar-refractivity contribution in [1.82, 2.24) is 5.32 Å². The Balaban J connectivity index is 1.78. The van der Waals surface area contributed by atoms with Gasteiger partial charge >= 0.3 is 0 Å². The van der Waals surface area contributed by atoms with Crippen LogP contribution in [-0.2, 0) is 6.42 Å². The van der Waals surface area contributed by atoms with Gasteiger partial charge in [-0.15, -0.1) is 0 Å². The highest BCUT2D eigenvalue weighted by Gasteiger charge is 2.20. The van der Waals surface area contributed by atoms with Gasteiger partial charge in [-0.1, -0.05) is 56.0 Å². The van der Waals surface area contributed by atoms with Crippen LogP contribution in [0.2, 0.25) is 0 Å². The number of hydrogen-bond acceptors (Lipinski definition) is 1. The van der Waals surface area contributed by atoms with Crippen LogP contribution in [0.4, 0.5) is 0 Å². The summed E-state index contributed by atoms with van der Waals surface area (Å²) in [6.45, 7) is 6.96.